The molecule has 1 unspecified atom stereocenters. The molecule has 1 atom stereocenters. The summed E-state index contributed by atoms with van der Waals surface area (Å²) in [5.74, 6) is 0.264. The van der Waals surface area contributed by atoms with E-state index in [1.165, 1.54) is 0 Å². The van der Waals surface area contributed by atoms with Crippen LogP contribution in [0.5, 0.6) is 0 Å². The predicted octanol–water partition coefficient (Wildman–Crippen LogP) is 3.23. The Hall–Kier alpha value is -0.290. The van der Waals surface area contributed by atoms with Crippen LogP contribution in [-0.2, 0) is 4.74 Å². The van der Waals surface area contributed by atoms with Crippen molar-refractivity contribution in [1.29, 1.82) is 0 Å². The van der Waals surface area contributed by atoms with Gasteiger partial charge >= 0.3 is 6.18 Å². The van der Waals surface area contributed by atoms with Crippen molar-refractivity contribution in [3.63, 3.8) is 0 Å². The van der Waals surface area contributed by atoms with Crippen LogP contribution >= 0.6 is 0 Å². The third-order valence-corrected chi connectivity index (χ3v) is 3.05. The monoisotopic (exact) mass is 255 g/mol. The number of hydrogen-bond acceptors (Lipinski definition) is 2. The smallest absolute Gasteiger partial charge is 0.371 e. The molecule has 0 rings (SSSR count). The molecule has 0 aromatic rings. The van der Waals surface area contributed by atoms with Gasteiger partial charge in [-0.15, -0.1) is 0 Å². The highest BCUT2D eigenvalue weighted by molar-refractivity contribution is 4.80. The molecule has 0 saturated carbocycles. The van der Waals surface area contributed by atoms with E-state index in [1.807, 2.05) is 20.8 Å². The topological polar surface area (TPSA) is 21.3 Å². The fourth-order valence-electron chi connectivity index (χ4n) is 1.37. The Labute approximate surface area is 102 Å². The van der Waals surface area contributed by atoms with Crippen LogP contribution in [0.4, 0.5) is 13.2 Å². The second-order valence-corrected chi connectivity index (χ2v) is 5.09. The summed E-state index contributed by atoms with van der Waals surface area (Å²) in [6, 6.07) is 0. The zero-order valence-electron chi connectivity index (χ0n) is 11.2. The molecule has 17 heavy (non-hydrogen) atoms. The lowest BCUT2D eigenvalue weighted by molar-refractivity contribution is -0.181. The zero-order chi connectivity index (χ0) is 13.5. The normalized spacial score (nSPS) is 16.2. The molecule has 0 bridgehead atoms. The van der Waals surface area contributed by atoms with Gasteiger partial charge in [-0.2, -0.15) is 13.2 Å². The highest BCUT2D eigenvalue weighted by Gasteiger charge is 2.32. The standard InChI is InChI=1S/C12H24F3NO/c1-5-6-16-7-11(4,10(2)3)8-17-9-12(13,14)15/h10,16H,5-9H2,1-4H3. The molecule has 0 radical (unpaired) electrons. The summed E-state index contributed by atoms with van der Waals surface area (Å²) < 4.78 is 40.8. The van der Waals surface area contributed by atoms with E-state index in [-0.39, 0.29) is 17.9 Å². The van der Waals surface area contributed by atoms with Crippen LogP contribution in [0, 0.1) is 11.3 Å². The molecule has 0 aromatic carbocycles. The van der Waals surface area contributed by atoms with Crippen LogP contribution in [0.15, 0.2) is 0 Å². The molecule has 1 N–H and O–H groups in total. The molecule has 2 nitrogen and oxygen atoms in total. The average molecular weight is 255 g/mol. The lowest BCUT2D eigenvalue weighted by Crippen LogP contribution is -2.41. The van der Waals surface area contributed by atoms with E-state index in [2.05, 4.69) is 12.2 Å². The first-order valence-corrected chi connectivity index (χ1v) is 6.06. The van der Waals surface area contributed by atoms with Gasteiger partial charge in [0.25, 0.3) is 0 Å². The summed E-state index contributed by atoms with van der Waals surface area (Å²) in [6.07, 6.45) is -3.23. The van der Waals surface area contributed by atoms with Crippen molar-refractivity contribution in [1.82, 2.24) is 5.32 Å². The van der Waals surface area contributed by atoms with E-state index in [1.54, 1.807) is 0 Å². The Morgan fingerprint density at radius 3 is 2.18 bits per heavy atom. The number of alkyl halides is 3. The number of ether oxygens (including phenoxy) is 1. The van der Waals surface area contributed by atoms with Crippen molar-refractivity contribution < 1.29 is 17.9 Å². The maximum absolute atomic E-state index is 12.0. The number of halogens is 3. The first-order valence-electron chi connectivity index (χ1n) is 6.06. The van der Waals surface area contributed by atoms with Gasteiger partial charge in [0.1, 0.15) is 6.61 Å². The summed E-state index contributed by atoms with van der Waals surface area (Å²) in [5, 5.41) is 3.24. The first-order chi connectivity index (χ1) is 7.71. The Kier molecular flexibility index (Phi) is 7.09. The maximum Gasteiger partial charge on any atom is 0.411 e. The van der Waals surface area contributed by atoms with Crippen LogP contribution in [0.1, 0.15) is 34.1 Å². The molecule has 0 heterocycles. The van der Waals surface area contributed by atoms with Gasteiger partial charge < -0.3 is 10.1 Å². The van der Waals surface area contributed by atoms with Gasteiger partial charge in [0.2, 0.25) is 0 Å². The predicted molar refractivity (Wildman–Crippen MR) is 63.0 cm³/mol. The number of rotatable bonds is 8. The Morgan fingerprint density at radius 1 is 1.18 bits per heavy atom. The minimum absolute atomic E-state index is 0.126. The SMILES string of the molecule is CCCNCC(C)(COCC(F)(F)F)C(C)C. The molecule has 0 aliphatic rings. The molecule has 5 heteroatoms. The van der Waals surface area contributed by atoms with E-state index >= 15 is 0 Å². The van der Waals surface area contributed by atoms with Gasteiger partial charge in [0, 0.05) is 12.0 Å². The van der Waals surface area contributed by atoms with Crippen molar-refractivity contribution in [2.45, 2.75) is 40.3 Å². The molecule has 0 aromatic heterocycles. The van der Waals surface area contributed by atoms with Crippen LogP contribution in [-0.4, -0.2) is 32.5 Å². The van der Waals surface area contributed by atoms with Crippen LogP contribution < -0.4 is 5.32 Å². The second kappa shape index (κ2) is 7.21. The van der Waals surface area contributed by atoms with Gasteiger partial charge in [-0.05, 0) is 18.9 Å². The summed E-state index contributed by atoms with van der Waals surface area (Å²) in [4.78, 5) is 0. The Bertz CT molecular complexity index is 206. The summed E-state index contributed by atoms with van der Waals surface area (Å²) in [5.41, 5.74) is -0.263. The molecule has 104 valence electrons. The largest absolute Gasteiger partial charge is 0.411 e. The van der Waals surface area contributed by atoms with E-state index in [0.29, 0.717) is 6.54 Å². The highest BCUT2D eigenvalue weighted by atomic mass is 19.4. The van der Waals surface area contributed by atoms with Crippen LogP contribution in [0.3, 0.4) is 0 Å². The lowest BCUT2D eigenvalue weighted by atomic mass is 9.80. The van der Waals surface area contributed by atoms with Gasteiger partial charge in [0.05, 0.1) is 6.61 Å². The summed E-state index contributed by atoms with van der Waals surface area (Å²) >= 11 is 0. The molecule has 0 amide bonds. The van der Waals surface area contributed by atoms with E-state index in [4.69, 9.17) is 4.74 Å². The molecule has 0 aliphatic heterocycles. The quantitative estimate of drug-likeness (QED) is 0.672. The van der Waals surface area contributed by atoms with Crippen LogP contribution in [0.25, 0.3) is 0 Å². The first kappa shape index (κ1) is 16.7. The minimum atomic E-state index is -4.24. The third-order valence-electron chi connectivity index (χ3n) is 3.05. The van der Waals surface area contributed by atoms with Gasteiger partial charge in [-0.3, -0.25) is 0 Å². The zero-order valence-corrected chi connectivity index (χ0v) is 11.2. The van der Waals surface area contributed by atoms with Gasteiger partial charge in [0.15, 0.2) is 0 Å². The third kappa shape index (κ3) is 7.60. The number of nitrogens with one attached hydrogen (secondary N) is 1. The fourth-order valence-corrected chi connectivity index (χ4v) is 1.37. The van der Waals surface area contributed by atoms with Crippen LogP contribution in [0.2, 0.25) is 0 Å². The van der Waals surface area contributed by atoms with Crippen molar-refractivity contribution in [2.24, 2.45) is 11.3 Å². The fraction of sp³-hybridized carbons (Fsp3) is 1.00. The Balaban J connectivity index is 4.12. The van der Waals surface area contributed by atoms with Gasteiger partial charge in [-0.1, -0.05) is 27.7 Å². The summed E-state index contributed by atoms with van der Waals surface area (Å²) in [6.45, 7) is 8.54. The maximum atomic E-state index is 12.0. The average Bonchev–Trinajstić information content (AvgIpc) is 2.15. The molecule has 0 saturated heterocycles. The van der Waals surface area contributed by atoms with E-state index in [0.717, 1.165) is 13.0 Å². The Morgan fingerprint density at radius 2 is 1.76 bits per heavy atom. The highest BCUT2D eigenvalue weighted by Crippen LogP contribution is 2.27. The molecular formula is C12H24F3NO. The molecular weight excluding hydrogens is 231 g/mol. The lowest BCUT2D eigenvalue weighted by Gasteiger charge is -2.34. The molecule has 0 fully saturated rings. The molecule has 0 aliphatic carbocycles. The van der Waals surface area contributed by atoms with Crippen molar-refractivity contribution in [3.05, 3.63) is 0 Å². The van der Waals surface area contributed by atoms with E-state index < -0.39 is 12.8 Å². The minimum Gasteiger partial charge on any atom is -0.371 e. The van der Waals surface area contributed by atoms with Crippen molar-refractivity contribution >= 4 is 0 Å². The second-order valence-electron chi connectivity index (χ2n) is 5.09. The van der Waals surface area contributed by atoms with Crippen molar-refractivity contribution in [2.75, 3.05) is 26.3 Å². The van der Waals surface area contributed by atoms with Crippen molar-refractivity contribution in [3.8, 4) is 0 Å². The van der Waals surface area contributed by atoms with E-state index in [9.17, 15) is 13.2 Å². The summed E-state index contributed by atoms with van der Waals surface area (Å²) in [7, 11) is 0. The van der Waals surface area contributed by atoms with Gasteiger partial charge in [-0.25, -0.2) is 0 Å². The number of hydrogen-bond donors (Lipinski definition) is 1. The molecule has 0 spiro atoms.